The molecule has 0 heterocycles. The zero-order chi connectivity index (χ0) is 15.4. The van der Waals surface area contributed by atoms with Crippen molar-refractivity contribution in [2.45, 2.75) is 52.9 Å². The van der Waals surface area contributed by atoms with Crippen LogP contribution in [-0.2, 0) is 10.2 Å². The van der Waals surface area contributed by atoms with Crippen LogP contribution in [0, 0.1) is 5.41 Å². The Morgan fingerprint density at radius 1 is 1.14 bits per heavy atom. The molecule has 0 bridgehead atoms. The van der Waals surface area contributed by atoms with Crippen molar-refractivity contribution in [3.05, 3.63) is 29.8 Å². The summed E-state index contributed by atoms with van der Waals surface area (Å²) >= 11 is 0. The minimum Gasteiger partial charge on any atom is -0.329 e. The van der Waals surface area contributed by atoms with Gasteiger partial charge in [0.15, 0.2) is 0 Å². The second-order valence-electron chi connectivity index (χ2n) is 6.44. The largest absolute Gasteiger partial charge is 0.329 e. The van der Waals surface area contributed by atoms with Crippen LogP contribution in [-0.4, -0.2) is 12.5 Å². The second kappa shape index (κ2) is 7.81. The molecule has 4 heteroatoms. The van der Waals surface area contributed by atoms with Crippen molar-refractivity contribution in [1.82, 2.24) is 0 Å². The summed E-state index contributed by atoms with van der Waals surface area (Å²) in [4.78, 5) is 12.6. The molecule has 120 valence electrons. The lowest BCUT2D eigenvalue weighted by Gasteiger charge is -2.30. The zero-order valence-electron chi connectivity index (χ0n) is 13.8. The topological polar surface area (TPSA) is 55.1 Å². The van der Waals surface area contributed by atoms with Crippen molar-refractivity contribution in [3.63, 3.8) is 0 Å². The predicted molar refractivity (Wildman–Crippen MR) is 93.1 cm³/mol. The molecule has 0 aliphatic rings. The second-order valence-corrected chi connectivity index (χ2v) is 6.44. The maximum absolute atomic E-state index is 12.6. The molecule has 1 rings (SSSR count). The number of nitrogens with one attached hydrogen (secondary N) is 1. The molecule has 0 unspecified atom stereocenters. The predicted octanol–water partition coefficient (Wildman–Crippen LogP) is 4.11. The fourth-order valence-electron chi connectivity index (χ4n) is 2.45. The summed E-state index contributed by atoms with van der Waals surface area (Å²) in [5.74, 6) is 0.0294. The monoisotopic (exact) mass is 312 g/mol. The lowest BCUT2D eigenvalue weighted by Crippen LogP contribution is -2.41. The van der Waals surface area contributed by atoms with E-state index in [0.717, 1.165) is 24.1 Å². The summed E-state index contributed by atoms with van der Waals surface area (Å²) in [6, 6.07) is 7.99. The molecule has 3 nitrogen and oxygen atoms in total. The van der Waals surface area contributed by atoms with E-state index in [1.54, 1.807) is 0 Å². The van der Waals surface area contributed by atoms with E-state index < -0.39 is 5.41 Å². The third kappa shape index (κ3) is 4.45. The van der Waals surface area contributed by atoms with E-state index in [-0.39, 0.29) is 23.7 Å². The van der Waals surface area contributed by atoms with E-state index in [9.17, 15) is 4.79 Å². The highest BCUT2D eigenvalue weighted by Crippen LogP contribution is 2.32. The number of carbonyl (C=O) groups is 1. The molecule has 0 spiro atoms. The molecule has 0 aromatic heterocycles. The minimum absolute atomic E-state index is 0. The van der Waals surface area contributed by atoms with Crippen LogP contribution in [0.3, 0.4) is 0 Å². The van der Waals surface area contributed by atoms with E-state index >= 15 is 0 Å². The molecule has 0 fully saturated rings. The maximum Gasteiger partial charge on any atom is 0.231 e. The normalized spacial score (nSPS) is 11.7. The van der Waals surface area contributed by atoms with Crippen LogP contribution < -0.4 is 11.1 Å². The molecule has 1 aromatic rings. The fourth-order valence-corrected chi connectivity index (χ4v) is 2.45. The Labute approximate surface area is 135 Å². The zero-order valence-corrected chi connectivity index (χ0v) is 14.6. The Balaban J connectivity index is 0.00000400. The number of halogens is 1. The van der Waals surface area contributed by atoms with Gasteiger partial charge in [-0.1, -0.05) is 52.8 Å². The summed E-state index contributed by atoms with van der Waals surface area (Å²) in [7, 11) is 0. The SMILES string of the molecule is CCC(CC)(CN)C(=O)Nc1ccccc1C(C)(C)C.Cl. The average molecular weight is 313 g/mol. The number of amides is 1. The molecule has 0 radical (unpaired) electrons. The van der Waals surface area contributed by atoms with Gasteiger partial charge in [0, 0.05) is 12.2 Å². The standard InChI is InChI=1S/C17H28N2O.ClH/c1-6-17(7-2,12-18)15(20)19-14-11-9-8-10-13(14)16(3,4)5;/h8-11H,6-7,12,18H2,1-5H3,(H,19,20);1H. The number of rotatable bonds is 5. The lowest BCUT2D eigenvalue weighted by atomic mass is 9.80. The molecule has 1 amide bonds. The third-order valence-corrected chi connectivity index (χ3v) is 4.21. The van der Waals surface area contributed by atoms with Crippen LogP contribution in [0.2, 0.25) is 0 Å². The first-order chi connectivity index (χ1) is 9.30. The van der Waals surface area contributed by atoms with Gasteiger partial charge in [-0.05, 0) is 29.9 Å². The Morgan fingerprint density at radius 3 is 2.10 bits per heavy atom. The summed E-state index contributed by atoms with van der Waals surface area (Å²) in [6.07, 6.45) is 1.51. The molecule has 0 aliphatic carbocycles. The van der Waals surface area contributed by atoms with Gasteiger partial charge in [-0.3, -0.25) is 4.79 Å². The number of benzene rings is 1. The van der Waals surface area contributed by atoms with E-state index in [1.165, 1.54) is 0 Å². The summed E-state index contributed by atoms with van der Waals surface area (Å²) in [5, 5.41) is 3.09. The molecule has 0 saturated carbocycles. The Kier molecular flexibility index (Phi) is 7.41. The van der Waals surface area contributed by atoms with Crippen LogP contribution >= 0.6 is 12.4 Å². The van der Waals surface area contributed by atoms with Gasteiger partial charge >= 0.3 is 0 Å². The number of carbonyl (C=O) groups excluding carboxylic acids is 1. The quantitative estimate of drug-likeness (QED) is 0.859. The molecular weight excluding hydrogens is 284 g/mol. The Hall–Kier alpha value is -1.06. The molecule has 1 aromatic carbocycles. The van der Waals surface area contributed by atoms with Gasteiger partial charge in [0.25, 0.3) is 0 Å². The van der Waals surface area contributed by atoms with E-state index in [4.69, 9.17) is 5.73 Å². The van der Waals surface area contributed by atoms with Gasteiger partial charge in [0.05, 0.1) is 5.41 Å². The van der Waals surface area contributed by atoms with Crippen LogP contribution in [0.25, 0.3) is 0 Å². The smallest absolute Gasteiger partial charge is 0.231 e. The first-order valence-corrected chi connectivity index (χ1v) is 7.41. The van der Waals surface area contributed by atoms with Crippen LogP contribution in [0.15, 0.2) is 24.3 Å². The third-order valence-electron chi connectivity index (χ3n) is 4.21. The number of hydrogen-bond donors (Lipinski definition) is 2. The minimum atomic E-state index is -0.467. The average Bonchev–Trinajstić information content (AvgIpc) is 2.41. The van der Waals surface area contributed by atoms with Crippen LogP contribution in [0.5, 0.6) is 0 Å². The van der Waals surface area contributed by atoms with E-state index in [0.29, 0.717) is 6.54 Å². The van der Waals surface area contributed by atoms with Gasteiger partial charge < -0.3 is 11.1 Å². The molecule has 0 saturated heterocycles. The Bertz CT molecular complexity index is 454. The van der Waals surface area contributed by atoms with Gasteiger partial charge in [0.2, 0.25) is 5.91 Å². The molecular formula is C17H29ClN2O. The summed E-state index contributed by atoms with van der Waals surface area (Å²) < 4.78 is 0. The van der Waals surface area contributed by atoms with Crippen molar-refractivity contribution < 1.29 is 4.79 Å². The molecule has 3 N–H and O–H groups in total. The first kappa shape index (κ1) is 19.9. The summed E-state index contributed by atoms with van der Waals surface area (Å²) in [5.41, 5.74) is 7.41. The number of anilines is 1. The number of nitrogens with two attached hydrogens (primary N) is 1. The van der Waals surface area contributed by atoms with Crippen molar-refractivity contribution in [1.29, 1.82) is 0 Å². The number of hydrogen-bond acceptors (Lipinski definition) is 2. The number of para-hydroxylation sites is 1. The van der Waals surface area contributed by atoms with Crippen molar-refractivity contribution in [2.75, 3.05) is 11.9 Å². The van der Waals surface area contributed by atoms with E-state index in [2.05, 4.69) is 32.2 Å². The highest BCUT2D eigenvalue weighted by molar-refractivity contribution is 5.96. The fraction of sp³-hybridized carbons (Fsp3) is 0.588. The summed E-state index contributed by atoms with van der Waals surface area (Å²) in [6.45, 7) is 10.9. The van der Waals surface area contributed by atoms with Crippen molar-refractivity contribution in [2.24, 2.45) is 11.1 Å². The first-order valence-electron chi connectivity index (χ1n) is 7.41. The van der Waals surface area contributed by atoms with Crippen LogP contribution in [0.4, 0.5) is 5.69 Å². The van der Waals surface area contributed by atoms with Gasteiger partial charge in [-0.25, -0.2) is 0 Å². The lowest BCUT2D eigenvalue weighted by molar-refractivity contribution is -0.125. The van der Waals surface area contributed by atoms with Gasteiger partial charge in [0.1, 0.15) is 0 Å². The van der Waals surface area contributed by atoms with Gasteiger partial charge in [-0.15, -0.1) is 12.4 Å². The highest BCUT2D eigenvalue weighted by Gasteiger charge is 2.34. The molecule has 21 heavy (non-hydrogen) atoms. The Morgan fingerprint density at radius 2 is 1.67 bits per heavy atom. The molecule has 0 atom stereocenters. The molecule has 0 aliphatic heterocycles. The van der Waals surface area contributed by atoms with Gasteiger partial charge in [-0.2, -0.15) is 0 Å². The van der Waals surface area contributed by atoms with Crippen molar-refractivity contribution in [3.8, 4) is 0 Å². The maximum atomic E-state index is 12.6. The highest BCUT2D eigenvalue weighted by atomic mass is 35.5. The van der Waals surface area contributed by atoms with Crippen LogP contribution in [0.1, 0.15) is 53.0 Å². The van der Waals surface area contributed by atoms with E-state index in [1.807, 2.05) is 32.0 Å². The van der Waals surface area contributed by atoms with Crippen molar-refractivity contribution >= 4 is 24.0 Å².